The first-order valence-electron chi connectivity index (χ1n) is 10.3. The third-order valence-electron chi connectivity index (χ3n) is 4.04. The Morgan fingerprint density at radius 3 is 1.82 bits per heavy atom. The molecular formula is C20H31F2N3O9. The van der Waals surface area contributed by atoms with Crippen LogP contribution in [0.15, 0.2) is 0 Å². The molecule has 0 heterocycles. The van der Waals surface area contributed by atoms with Gasteiger partial charge in [-0.2, -0.15) is 0 Å². The van der Waals surface area contributed by atoms with Crippen LogP contribution < -0.4 is 16.0 Å². The molecule has 14 heteroatoms. The fourth-order valence-electron chi connectivity index (χ4n) is 2.59. The topological polar surface area (TPSA) is 188 Å². The molecule has 0 aliphatic carbocycles. The predicted octanol–water partition coefficient (Wildman–Crippen LogP) is 0.679. The lowest BCUT2D eigenvalue weighted by atomic mass is 10.0. The number of ketones is 1. The fraction of sp³-hybridized carbons (Fsp3) is 0.700. The lowest BCUT2D eigenvalue weighted by Gasteiger charge is -2.26. The number of ether oxygens (including phenoxy) is 1. The van der Waals surface area contributed by atoms with E-state index in [1.54, 1.807) is 39.9 Å². The number of hydrogen-bond acceptors (Lipinski definition) is 7. The molecule has 1 unspecified atom stereocenters. The number of amides is 3. The number of alkyl halides is 2. The standard InChI is InChI=1S/C20H31F2N3O9/c1-9(2)8-11(17(30)25-13(15(21)22)14(28)18(31)32)23-16(29)10(6-7-12(26)27)24-19(33)34-20(3,4)5/h9-11,13,15H,6-8H2,1-5H3,(H,23,29)(H,24,33)(H,25,30)(H,26,27)(H,31,32)/t10-,11-,13?/m0/s1. The molecule has 194 valence electrons. The number of halogens is 2. The van der Waals surface area contributed by atoms with Gasteiger partial charge in [-0.3, -0.25) is 19.2 Å². The van der Waals surface area contributed by atoms with Gasteiger partial charge in [0.1, 0.15) is 17.7 Å². The van der Waals surface area contributed by atoms with E-state index in [1.165, 1.54) is 0 Å². The number of Topliss-reactive ketones (excluding diaryl/α,β-unsaturated/α-hetero) is 1. The quantitative estimate of drug-likeness (QED) is 0.229. The number of carbonyl (C=O) groups excluding carboxylic acids is 4. The van der Waals surface area contributed by atoms with Crippen molar-refractivity contribution in [3.63, 3.8) is 0 Å². The maximum Gasteiger partial charge on any atom is 0.408 e. The van der Waals surface area contributed by atoms with E-state index >= 15 is 0 Å². The SMILES string of the molecule is CC(C)C[C@H](NC(=O)[C@H](CCC(=O)O)NC(=O)OC(C)(C)C)C(=O)NC(C(=O)C(=O)O)C(F)F. The molecule has 3 atom stereocenters. The van der Waals surface area contributed by atoms with Crippen LogP contribution in [0.2, 0.25) is 0 Å². The fourth-order valence-corrected chi connectivity index (χ4v) is 2.59. The molecule has 0 rings (SSSR count). The average Bonchev–Trinajstić information content (AvgIpc) is 2.65. The molecule has 5 N–H and O–H groups in total. The summed E-state index contributed by atoms with van der Waals surface area (Å²) < 4.78 is 31.3. The highest BCUT2D eigenvalue weighted by molar-refractivity contribution is 6.35. The van der Waals surface area contributed by atoms with Crippen LogP contribution in [0.5, 0.6) is 0 Å². The molecule has 0 saturated heterocycles. The first-order valence-corrected chi connectivity index (χ1v) is 10.3. The minimum Gasteiger partial charge on any atom is -0.481 e. The van der Waals surface area contributed by atoms with Crippen molar-refractivity contribution >= 4 is 35.6 Å². The Morgan fingerprint density at radius 1 is 0.882 bits per heavy atom. The van der Waals surface area contributed by atoms with Crippen molar-refractivity contribution in [3.8, 4) is 0 Å². The Kier molecular flexibility index (Phi) is 12.1. The molecule has 0 aliphatic rings. The summed E-state index contributed by atoms with van der Waals surface area (Å²) in [5.41, 5.74) is -0.932. The first kappa shape index (κ1) is 30.7. The van der Waals surface area contributed by atoms with Crippen LogP contribution in [-0.2, 0) is 28.7 Å². The van der Waals surface area contributed by atoms with Crippen LogP contribution in [0.4, 0.5) is 13.6 Å². The Balaban J connectivity index is 5.66. The Hall–Kier alpha value is -3.32. The van der Waals surface area contributed by atoms with E-state index < -0.39 is 72.2 Å². The van der Waals surface area contributed by atoms with Crippen molar-refractivity contribution in [1.29, 1.82) is 0 Å². The second-order valence-electron chi connectivity index (χ2n) is 8.81. The van der Waals surface area contributed by atoms with Gasteiger partial charge in [0.15, 0.2) is 6.04 Å². The van der Waals surface area contributed by atoms with Crippen LogP contribution >= 0.6 is 0 Å². The van der Waals surface area contributed by atoms with Gasteiger partial charge in [0.05, 0.1) is 0 Å². The smallest absolute Gasteiger partial charge is 0.408 e. The zero-order valence-corrected chi connectivity index (χ0v) is 19.5. The summed E-state index contributed by atoms with van der Waals surface area (Å²) in [4.78, 5) is 70.5. The number of aliphatic carboxylic acids is 2. The minimum atomic E-state index is -3.53. The van der Waals surface area contributed by atoms with Gasteiger partial charge in [-0.05, 0) is 39.5 Å². The van der Waals surface area contributed by atoms with E-state index in [0.29, 0.717) is 0 Å². The molecule has 3 amide bonds. The maximum atomic E-state index is 13.1. The van der Waals surface area contributed by atoms with Crippen LogP contribution in [-0.4, -0.2) is 76.0 Å². The molecule has 0 aromatic heterocycles. The number of rotatable bonds is 13. The summed E-state index contributed by atoms with van der Waals surface area (Å²) in [5, 5.41) is 23.7. The average molecular weight is 495 g/mol. The second-order valence-corrected chi connectivity index (χ2v) is 8.81. The molecule has 0 aromatic rings. The summed E-state index contributed by atoms with van der Waals surface area (Å²) in [5.74, 6) is -7.92. The van der Waals surface area contributed by atoms with E-state index in [4.69, 9.17) is 14.9 Å². The Morgan fingerprint density at radius 2 is 1.41 bits per heavy atom. The van der Waals surface area contributed by atoms with Crippen LogP contribution in [0.1, 0.15) is 53.9 Å². The highest BCUT2D eigenvalue weighted by atomic mass is 19.3. The molecule has 0 aliphatic heterocycles. The van der Waals surface area contributed by atoms with E-state index in [2.05, 4.69) is 10.6 Å². The Bertz CT molecular complexity index is 782. The Labute approximate surface area is 194 Å². The van der Waals surface area contributed by atoms with E-state index in [9.17, 15) is 37.5 Å². The number of carboxylic acid groups (broad SMARTS) is 2. The number of hydrogen-bond donors (Lipinski definition) is 5. The highest BCUT2D eigenvalue weighted by Gasteiger charge is 2.37. The lowest BCUT2D eigenvalue weighted by molar-refractivity contribution is -0.152. The van der Waals surface area contributed by atoms with Crippen molar-refractivity contribution < 1.29 is 52.5 Å². The van der Waals surface area contributed by atoms with Gasteiger partial charge in [0.25, 0.3) is 12.2 Å². The molecule has 0 fully saturated rings. The zero-order chi connectivity index (χ0) is 26.8. The lowest BCUT2D eigenvalue weighted by Crippen LogP contribution is -2.58. The third-order valence-corrected chi connectivity index (χ3v) is 4.04. The van der Waals surface area contributed by atoms with Gasteiger partial charge in [-0.25, -0.2) is 18.4 Å². The van der Waals surface area contributed by atoms with Gasteiger partial charge in [-0.1, -0.05) is 13.8 Å². The molecular weight excluding hydrogens is 464 g/mol. The van der Waals surface area contributed by atoms with Crippen LogP contribution in [0.3, 0.4) is 0 Å². The monoisotopic (exact) mass is 495 g/mol. The predicted molar refractivity (Wildman–Crippen MR) is 112 cm³/mol. The van der Waals surface area contributed by atoms with Gasteiger partial charge in [-0.15, -0.1) is 0 Å². The molecule has 34 heavy (non-hydrogen) atoms. The van der Waals surface area contributed by atoms with E-state index in [-0.39, 0.29) is 18.8 Å². The van der Waals surface area contributed by atoms with E-state index in [0.717, 1.165) is 0 Å². The van der Waals surface area contributed by atoms with E-state index in [1.807, 2.05) is 0 Å². The third kappa shape index (κ3) is 12.1. The summed E-state index contributed by atoms with van der Waals surface area (Å²) in [6.07, 6.45) is -5.58. The summed E-state index contributed by atoms with van der Waals surface area (Å²) >= 11 is 0. The first-order chi connectivity index (χ1) is 15.4. The molecule has 0 aromatic carbocycles. The van der Waals surface area contributed by atoms with Crippen molar-refractivity contribution in [2.24, 2.45) is 5.92 Å². The van der Waals surface area contributed by atoms with Crippen LogP contribution in [0.25, 0.3) is 0 Å². The number of carbonyl (C=O) groups is 6. The van der Waals surface area contributed by atoms with Crippen molar-refractivity contribution in [2.75, 3.05) is 0 Å². The maximum absolute atomic E-state index is 13.1. The largest absolute Gasteiger partial charge is 0.481 e. The number of carboxylic acids is 2. The summed E-state index contributed by atoms with van der Waals surface area (Å²) in [6, 6.07) is -5.60. The molecule has 0 radical (unpaired) electrons. The summed E-state index contributed by atoms with van der Waals surface area (Å²) in [6.45, 7) is 7.94. The van der Waals surface area contributed by atoms with Gasteiger partial charge >= 0.3 is 18.0 Å². The van der Waals surface area contributed by atoms with Gasteiger partial charge in [0.2, 0.25) is 11.8 Å². The highest BCUT2D eigenvalue weighted by Crippen LogP contribution is 2.11. The summed E-state index contributed by atoms with van der Waals surface area (Å²) in [7, 11) is 0. The van der Waals surface area contributed by atoms with Crippen LogP contribution in [0, 0.1) is 5.92 Å². The van der Waals surface area contributed by atoms with Crippen molar-refractivity contribution in [1.82, 2.24) is 16.0 Å². The zero-order valence-electron chi connectivity index (χ0n) is 19.5. The second kappa shape index (κ2) is 13.4. The molecule has 0 bridgehead atoms. The van der Waals surface area contributed by atoms with Crippen molar-refractivity contribution in [2.45, 2.75) is 84.0 Å². The van der Waals surface area contributed by atoms with Crippen molar-refractivity contribution in [3.05, 3.63) is 0 Å². The number of nitrogens with one attached hydrogen (secondary N) is 3. The van der Waals surface area contributed by atoms with Gasteiger partial charge in [0, 0.05) is 6.42 Å². The van der Waals surface area contributed by atoms with Gasteiger partial charge < -0.3 is 30.9 Å². The normalized spacial score (nSPS) is 14.0. The molecule has 0 spiro atoms. The molecule has 12 nitrogen and oxygen atoms in total. The minimum absolute atomic E-state index is 0.104. The number of alkyl carbamates (subject to hydrolysis) is 1. The molecule has 0 saturated carbocycles.